The summed E-state index contributed by atoms with van der Waals surface area (Å²) >= 11 is 0. The molecule has 33 heavy (non-hydrogen) atoms. The second kappa shape index (κ2) is 8.07. The van der Waals surface area contributed by atoms with Crippen molar-refractivity contribution in [2.75, 3.05) is 6.61 Å². The lowest BCUT2D eigenvalue weighted by Gasteiger charge is -2.24. The lowest BCUT2D eigenvalue weighted by atomic mass is 9.81. The van der Waals surface area contributed by atoms with Gasteiger partial charge in [-0.25, -0.2) is 4.79 Å². The second-order valence-corrected chi connectivity index (χ2v) is 9.05. The largest absolute Gasteiger partial charge is 0.490 e. The molecule has 5 nitrogen and oxygen atoms in total. The van der Waals surface area contributed by atoms with E-state index in [1.54, 1.807) is 6.07 Å². The number of para-hydroxylation sites is 1. The van der Waals surface area contributed by atoms with Gasteiger partial charge in [0.15, 0.2) is 0 Å². The average Bonchev–Trinajstić information content (AvgIpc) is 3.05. The molecule has 0 radical (unpaired) electrons. The normalized spacial score (nSPS) is 16.0. The first kappa shape index (κ1) is 20.0. The Morgan fingerprint density at radius 3 is 2.58 bits per heavy atom. The van der Waals surface area contributed by atoms with Crippen molar-refractivity contribution in [2.24, 2.45) is 0 Å². The molecule has 4 aromatic rings. The number of carboxylic acid groups (broad SMARTS) is 1. The van der Waals surface area contributed by atoms with Gasteiger partial charge in [0.1, 0.15) is 12.4 Å². The van der Waals surface area contributed by atoms with Gasteiger partial charge in [-0.05, 0) is 60.2 Å². The minimum atomic E-state index is -0.892. The molecule has 6 rings (SSSR count). The first-order chi connectivity index (χ1) is 16.2. The van der Waals surface area contributed by atoms with E-state index in [0.29, 0.717) is 24.6 Å². The molecular formula is C28H26N2O3. The van der Waals surface area contributed by atoms with Crippen molar-refractivity contribution in [3.8, 4) is 28.1 Å². The topological polar surface area (TPSA) is 64.3 Å². The number of carboxylic acids is 1. The smallest absolute Gasteiger partial charge is 0.335 e. The van der Waals surface area contributed by atoms with Crippen molar-refractivity contribution >= 4 is 16.9 Å². The summed E-state index contributed by atoms with van der Waals surface area (Å²) in [5.41, 5.74) is 7.12. The van der Waals surface area contributed by atoms with E-state index in [9.17, 15) is 9.90 Å². The fourth-order valence-electron chi connectivity index (χ4n) is 5.71. The summed E-state index contributed by atoms with van der Waals surface area (Å²) in [7, 11) is 0. The van der Waals surface area contributed by atoms with Crippen LogP contribution in [0.3, 0.4) is 0 Å². The number of ether oxygens (including phenoxy) is 1. The number of aromatic nitrogens is 2. The van der Waals surface area contributed by atoms with Gasteiger partial charge < -0.3 is 14.4 Å². The van der Waals surface area contributed by atoms with Gasteiger partial charge in [0, 0.05) is 34.4 Å². The Morgan fingerprint density at radius 1 is 1.00 bits per heavy atom. The summed E-state index contributed by atoms with van der Waals surface area (Å²) in [5, 5.41) is 10.8. The Hall–Kier alpha value is -3.60. The highest BCUT2D eigenvalue weighted by Crippen LogP contribution is 2.49. The van der Waals surface area contributed by atoms with Crippen LogP contribution in [0, 0.1) is 0 Å². The minimum Gasteiger partial charge on any atom is -0.490 e. The van der Waals surface area contributed by atoms with E-state index in [0.717, 1.165) is 28.0 Å². The minimum absolute atomic E-state index is 0.328. The van der Waals surface area contributed by atoms with E-state index in [1.807, 2.05) is 36.7 Å². The number of fused-ring (bicyclic) bond motifs is 5. The van der Waals surface area contributed by atoms with Gasteiger partial charge in [-0.3, -0.25) is 4.98 Å². The van der Waals surface area contributed by atoms with Crippen LogP contribution in [0.25, 0.3) is 33.3 Å². The highest BCUT2D eigenvalue weighted by molar-refractivity contribution is 5.99. The number of hydrogen-bond donors (Lipinski definition) is 1. The van der Waals surface area contributed by atoms with Crippen LogP contribution < -0.4 is 4.74 Å². The maximum absolute atomic E-state index is 11.7. The molecule has 0 atom stereocenters. The molecular weight excluding hydrogens is 412 g/mol. The lowest BCUT2D eigenvalue weighted by Crippen LogP contribution is -2.07. The van der Waals surface area contributed by atoms with Crippen LogP contribution >= 0.6 is 0 Å². The zero-order valence-electron chi connectivity index (χ0n) is 18.5. The van der Waals surface area contributed by atoms with E-state index in [-0.39, 0.29) is 0 Å². The predicted octanol–water partition coefficient (Wildman–Crippen LogP) is 6.51. The quantitative estimate of drug-likeness (QED) is 0.396. The maximum atomic E-state index is 11.7. The molecule has 3 heterocycles. The molecule has 1 N–H and O–H groups in total. The molecule has 0 bridgehead atoms. The second-order valence-electron chi connectivity index (χ2n) is 9.05. The molecule has 0 spiro atoms. The van der Waals surface area contributed by atoms with E-state index >= 15 is 0 Å². The Morgan fingerprint density at radius 2 is 1.79 bits per heavy atom. The fraction of sp³-hybridized carbons (Fsp3) is 0.286. The summed E-state index contributed by atoms with van der Waals surface area (Å²) in [5.74, 6) is 0.487. The van der Waals surface area contributed by atoms with Crippen LogP contribution in [0.5, 0.6) is 5.75 Å². The Kier molecular flexibility index (Phi) is 4.90. The van der Waals surface area contributed by atoms with Crippen LogP contribution in [0.2, 0.25) is 0 Å². The molecule has 2 aliphatic rings. The van der Waals surface area contributed by atoms with Crippen LogP contribution in [0.1, 0.15) is 53.9 Å². The summed E-state index contributed by atoms with van der Waals surface area (Å²) in [6.45, 7) is 1.22. The molecule has 2 aromatic heterocycles. The highest BCUT2D eigenvalue weighted by atomic mass is 16.5. The number of rotatable bonds is 3. The molecule has 166 valence electrons. The first-order valence-electron chi connectivity index (χ1n) is 11.8. The summed E-state index contributed by atoms with van der Waals surface area (Å²) in [6.07, 6.45) is 9.74. The van der Waals surface area contributed by atoms with Crippen LogP contribution in [0.15, 0.2) is 60.9 Å². The monoisotopic (exact) mass is 438 g/mol. The maximum Gasteiger partial charge on any atom is 0.335 e. The van der Waals surface area contributed by atoms with Crippen molar-refractivity contribution in [3.63, 3.8) is 0 Å². The third-order valence-corrected chi connectivity index (χ3v) is 7.19. The van der Waals surface area contributed by atoms with E-state index in [4.69, 9.17) is 4.74 Å². The molecule has 1 aliphatic heterocycles. The highest BCUT2D eigenvalue weighted by Gasteiger charge is 2.30. The van der Waals surface area contributed by atoms with Gasteiger partial charge in [0.2, 0.25) is 0 Å². The Bertz CT molecular complexity index is 1350. The zero-order valence-corrected chi connectivity index (χ0v) is 18.5. The lowest BCUT2D eigenvalue weighted by molar-refractivity contribution is 0.0697. The van der Waals surface area contributed by atoms with Crippen LogP contribution in [0.4, 0.5) is 0 Å². The number of benzene rings is 2. The summed E-state index contributed by atoms with van der Waals surface area (Å²) < 4.78 is 8.69. The molecule has 0 amide bonds. The Balaban J connectivity index is 1.66. The van der Waals surface area contributed by atoms with Gasteiger partial charge in [0.05, 0.1) is 17.8 Å². The van der Waals surface area contributed by atoms with Crippen molar-refractivity contribution in [1.82, 2.24) is 9.55 Å². The average molecular weight is 439 g/mol. The van der Waals surface area contributed by atoms with Gasteiger partial charge in [-0.15, -0.1) is 0 Å². The molecule has 2 aromatic carbocycles. The first-order valence-corrected chi connectivity index (χ1v) is 11.8. The molecule has 1 aliphatic carbocycles. The molecule has 0 unspecified atom stereocenters. The van der Waals surface area contributed by atoms with Crippen molar-refractivity contribution in [3.05, 3.63) is 72.1 Å². The number of aromatic carboxylic acids is 1. The van der Waals surface area contributed by atoms with Crippen molar-refractivity contribution in [2.45, 2.75) is 44.6 Å². The van der Waals surface area contributed by atoms with E-state index in [2.05, 4.69) is 27.8 Å². The molecule has 1 saturated carbocycles. The molecule has 0 saturated heterocycles. The van der Waals surface area contributed by atoms with Crippen LogP contribution in [-0.2, 0) is 6.54 Å². The molecule has 5 heteroatoms. The van der Waals surface area contributed by atoms with Crippen molar-refractivity contribution in [1.29, 1.82) is 0 Å². The SMILES string of the molecule is O=C(O)c1ccc2c(C3CCCCC3)c3n(c2c1)CCOc1c(-c2ccncc2)cccc1-3. The van der Waals surface area contributed by atoms with Crippen molar-refractivity contribution < 1.29 is 14.6 Å². The van der Waals surface area contributed by atoms with Gasteiger partial charge in [0.25, 0.3) is 0 Å². The van der Waals surface area contributed by atoms with Gasteiger partial charge >= 0.3 is 5.97 Å². The summed E-state index contributed by atoms with van der Waals surface area (Å²) in [6, 6.07) is 16.0. The van der Waals surface area contributed by atoms with E-state index in [1.165, 1.54) is 48.7 Å². The standard InChI is InChI=1S/C28H26N2O3/c31-28(32)20-9-10-22-24(17-20)30-15-16-33-27-21(18-11-13-29-14-12-18)7-4-8-23(27)26(30)25(22)19-5-2-1-3-6-19/h4,7-14,17,19H,1-3,5-6,15-16H2,(H,31,32). The number of pyridine rings is 1. The van der Waals surface area contributed by atoms with Crippen LogP contribution in [-0.4, -0.2) is 27.2 Å². The predicted molar refractivity (Wildman–Crippen MR) is 129 cm³/mol. The zero-order chi connectivity index (χ0) is 22.4. The number of nitrogens with zero attached hydrogens (tertiary/aromatic N) is 2. The van der Waals surface area contributed by atoms with E-state index < -0.39 is 5.97 Å². The van der Waals surface area contributed by atoms with Gasteiger partial charge in [-0.1, -0.05) is 37.5 Å². The molecule has 1 fully saturated rings. The fourth-order valence-corrected chi connectivity index (χ4v) is 5.71. The third-order valence-electron chi connectivity index (χ3n) is 7.19. The number of hydrogen-bond acceptors (Lipinski definition) is 3. The van der Waals surface area contributed by atoms with Gasteiger partial charge in [-0.2, -0.15) is 0 Å². The Labute approximate surface area is 192 Å². The number of carbonyl (C=O) groups is 1. The summed E-state index contributed by atoms with van der Waals surface area (Å²) in [4.78, 5) is 15.9. The third kappa shape index (κ3) is 3.30.